The first-order valence-corrected chi connectivity index (χ1v) is 7.92. The fourth-order valence-corrected chi connectivity index (χ4v) is 2.40. The quantitative estimate of drug-likeness (QED) is 0.572. The van der Waals surface area contributed by atoms with Crippen LogP contribution in [-0.4, -0.2) is 49.6 Å². The molecule has 0 aromatic carbocycles. The zero-order valence-electron chi connectivity index (χ0n) is 13.2. The molecule has 0 bridgehead atoms. The average molecular weight is 268 g/mol. The van der Waals surface area contributed by atoms with Gasteiger partial charge < -0.3 is 15.5 Å². The van der Waals surface area contributed by atoms with Gasteiger partial charge in [-0.1, -0.05) is 20.8 Å². The van der Waals surface area contributed by atoms with Crippen molar-refractivity contribution in [2.45, 2.75) is 53.0 Å². The van der Waals surface area contributed by atoms with E-state index >= 15 is 0 Å². The molecule has 0 spiro atoms. The van der Waals surface area contributed by atoms with Crippen LogP contribution in [0.5, 0.6) is 0 Å². The third kappa shape index (κ3) is 6.81. The first-order valence-electron chi connectivity index (χ1n) is 7.92. The van der Waals surface area contributed by atoms with Gasteiger partial charge >= 0.3 is 0 Å². The summed E-state index contributed by atoms with van der Waals surface area (Å²) in [5.41, 5.74) is 0. The molecule has 0 aromatic heterocycles. The first kappa shape index (κ1) is 16.3. The molecule has 1 rings (SSSR count). The number of hydrogen-bond acceptors (Lipinski definition) is 2. The van der Waals surface area contributed by atoms with E-state index in [9.17, 15) is 0 Å². The Bertz CT molecular complexity index is 255. The molecule has 4 heteroatoms. The minimum Gasteiger partial charge on any atom is -0.357 e. The van der Waals surface area contributed by atoms with Crippen LogP contribution in [0.1, 0.15) is 47.0 Å². The third-order valence-corrected chi connectivity index (χ3v) is 3.43. The Morgan fingerprint density at radius 3 is 2.47 bits per heavy atom. The average Bonchev–Trinajstić information content (AvgIpc) is 2.39. The molecule has 112 valence electrons. The van der Waals surface area contributed by atoms with Crippen LogP contribution >= 0.6 is 0 Å². The lowest BCUT2D eigenvalue weighted by Gasteiger charge is -2.32. The summed E-state index contributed by atoms with van der Waals surface area (Å²) >= 11 is 0. The Morgan fingerprint density at radius 1 is 1.26 bits per heavy atom. The minimum atomic E-state index is 0.582. The van der Waals surface area contributed by atoms with Gasteiger partial charge in [0.15, 0.2) is 5.96 Å². The van der Waals surface area contributed by atoms with Crippen LogP contribution in [0.4, 0.5) is 0 Å². The Balaban J connectivity index is 2.36. The van der Waals surface area contributed by atoms with Crippen LogP contribution in [0.3, 0.4) is 0 Å². The number of piperidine rings is 1. The van der Waals surface area contributed by atoms with Crippen LogP contribution in [0, 0.1) is 5.92 Å². The Morgan fingerprint density at radius 2 is 1.95 bits per heavy atom. The van der Waals surface area contributed by atoms with Crippen molar-refractivity contribution in [1.29, 1.82) is 0 Å². The summed E-state index contributed by atoms with van der Waals surface area (Å²) in [7, 11) is 0. The number of nitrogens with one attached hydrogen (secondary N) is 2. The van der Waals surface area contributed by atoms with E-state index in [1.807, 2.05) is 0 Å². The molecule has 0 atom stereocenters. The highest BCUT2D eigenvalue weighted by atomic mass is 15.2. The van der Waals surface area contributed by atoms with Gasteiger partial charge in [-0.2, -0.15) is 0 Å². The van der Waals surface area contributed by atoms with Crippen LogP contribution in [0.2, 0.25) is 0 Å². The lowest BCUT2D eigenvalue weighted by molar-refractivity contribution is 0.206. The molecule has 1 aliphatic heterocycles. The molecule has 2 N–H and O–H groups in total. The van der Waals surface area contributed by atoms with E-state index in [2.05, 4.69) is 48.2 Å². The molecular weight excluding hydrogens is 236 g/mol. The van der Waals surface area contributed by atoms with Crippen molar-refractivity contribution in [3.05, 3.63) is 0 Å². The number of aliphatic imine (C=N–C) groups is 1. The molecule has 1 heterocycles. The van der Waals surface area contributed by atoms with Gasteiger partial charge in [-0.25, -0.2) is 0 Å². The van der Waals surface area contributed by atoms with Crippen LogP contribution in [-0.2, 0) is 0 Å². The highest BCUT2D eigenvalue weighted by Gasteiger charge is 2.19. The molecule has 0 aliphatic carbocycles. The Kier molecular flexibility index (Phi) is 7.87. The maximum Gasteiger partial charge on any atom is 0.191 e. The van der Waals surface area contributed by atoms with Gasteiger partial charge in [0.05, 0.1) is 0 Å². The molecule has 0 saturated carbocycles. The van der Waals surface area contributed by atoms with Crippen molar-refractivity contribution in [2.24, 2.45) is 10.9 Å². The summed E-state index contributed by atoms with van der Waals surface area (Å²) in [5.74, 6) is 1.60. The second-order valence-corrected chi connectivity index (χ2v) is 5.87. The Labute approximate surface area is 119 Å². The first-order chi connectivity index (χ1) is 9.15. The molecule has 19 heavy (non-hydrogen) atoms. The summed E-state index contributed by atoms with van der Waals surface area (Å²) in [6, 6.07) is 0.582. The molecule has 0 amide bonds. The SMILES string of the molecule is CCCN1CCC(NC(=NCC(C)C)NCC)CC1. The van der Waals surface area contributed by atoms with E-state index in [1.54, 1.807) is 0 Å². The van der Waals surface area contributed by atoms with Gasteiger partial charge in [-0.05, 0) is 38.6 Å². The number of hydrogen-bond donors (Lipinski definition) is 2. The molecular formula is C15H32N4. The molecule has 1 aliphatic rings. The molecule has 0 unspecified atom stereocenters. The normalized spacial score (nSPS) is 18.9. The highest BCUT2D eigenvalue weighted by Crippen LogP contribution is 2.10. The van der Waals surface area contributed by atoms with Gasteiger partial charge in [0.1, 0.15) is 0 Å². The summed E-state index contributed by atoms with van der Waals surface area (Å²) in [6.45, 7) is 14.3. The smallest absolute Gasteiger partial charge is 0.191 e. The van der Waals surface area contributed by atoms with Gasteiger partial charge in [-0.15, -0.1) is 0 Å². The summed E-state index contributed by atoms with van der Waals surface area (Å²) in [4.78, 5) is 7.21. The number of guanidine groups is 1. The second-order valence-electron chi connectivity index (χ2n) is 5.87. The van der Waals surface area contributed by atoms with Crippen molar-refractivity contribution in [3.8, 4) is 0 Å². The topological polar surface area (TPSA) is 39.7 Å². The van der Waals surface area contributed by atoms with Crippen LogP contribution in [0.25, 0.3) is 0 Å². The minimum absolute atomic E-state index is 0.582. The Hall–Kier alpha value is -0.770. The van der Waals surface area contributed by atoms with Gasteiger partial charge in [0, 0.05) is 32.2 Å². The molecule has 1 saturated heterocycles. The van der Waals surface area contributed by atoms with Crippen LogP contribution in [0.15, 0.2) is 4.99 Å². The predicted octanol–water partition coefficient (Wildman–Crippen LogP) is 2.07. The zero-order valence-corrected chi connectivity index (χ0v) is 13.2. The van der Waals surface area contributed by atoms with E-state index in [4.69, 9.17) is 0 Å². The van der Waals surface area contributed by atoms with Crippen molar-refractivity contribution in [1.82, 2.24) is 15.5 Å². The summed E-state index contributed by atoms with van der Waals surface area (Å²) in [5, 5.41) is 6.93. The van der Waals surface area contributed by atoms with Crippen molar-refractivity contribution in [3.63, 3.8) is 0 Å². The summed E-state index contributed by atoms with van der Waals surface area (Å²) in [6.07, 6.45) is 3.72. The molecule has 1 fully saturated rings. The van der Waals surface area contributed by atoms with E-state index < -0.39 is 0 Å². The lowest BCUT2D eigenvalue weighted by atomic mass is 10.1. The molecule has 4 nitrogen and oxygen atoms in total. The highest BCUT2D eigenvalue weighted by molar-refractivity contribution is 5.80. The van der Waals surface area contributed by atoms with Crippen LogP contribution < -0.4 is 10.6 Å². The zero-order chi connectivity index (χ0) is 14.1. The lowest BCUT2D eigenvalue weighted by Crippen LogP contribution is -2.48. The fraction of sp³-hybridized carbons (Fsp3) is 0.933. The predicted molar refractivity (Wildman–Crippen MR) is 83.7 cm³/mol. The molecule has 0 aromatic rings. The number of nitrogens with zero attached hydrogens (tertiary/aromatic N) is 2. The fourth-order valence-electron chi connectivity index (χ4n) is 2.40. The van der Waals surface area contributed by atoms with E-state index in [0.717, 1.165) is 19.0 Å². The maximum absolute atomic E-state index is 4.64. The van der Waals surface area contributed by atoms with E-state index in [-0.39, 0.29) is 0 Å². The maximum atomic E-state index is 4.64. The van der Waals surface area contributed by atoms with Gasteiger partial charge in [-0.3, -0.25) is 4.99 Å². The third-order valence-electron chi connectivity index (χ3n) is 3.43. The van der Waals surface area contributed by atoms with Gasteiger partial charge in [0.25, 0.3) is 0 Å². The summed E-state index contributed by atoms with van der Waals surface area (Å²) < 4.78 is 0. The van der Waals surface area contributed by atoms with E-state index in [1.165, 1.54) is 38.9 Å². The number of rotatable bonds is 6. The number of likely N-dealkylation sites (tertiary alicyclic amines) is 1. The van der Waals surface area contributed by atoms with Crippen molar-refractivity contribution in [2.75, 3.05) is 32.7 Å². The van der Waals surface area contributed by atoms with Gasteiger partial charge in [0.2, 0.25) is 0 Å². The standard InChI is InChI=1S/C15H32N4/c1-5-9-19-10-7-14(8-11-19)18-15(16-6-2)17-12-13(3)4/h13-14H,5-12H2,1-4H3,(H2,16,17,18). The largest absolute Gasteiger partial charge is 0.357 e. The van der Waals surface area contributed by atoms with E-state index in [0.29, 0.717) is 12.0 Å². The van der Waals surface area contributed by atoms with Crippen molar-refractivity contribution < 1.29 is 0 Å². The van der Waals surface area contributed by atoms with Crippen molar-refractivity contribution >= 4 is 5.96 Å². The molecule has 0 radical (unpaired) electrons. The second kappa shape index (κ2) is 9.18. The monoisotopic (exact) mass is 268 g/mol.